The second-order valence-corrected chi connectivity index (χ2v) is 4.69. The normalized spacial score (nSPS) is 10.5. The van der Waals surface area contributed by atoms with Gasteiger partial charge in [0.25, 0.3) is 5.91 Å². The Hall–Kier alpha value is -2.81. The van der Waals surface area contributed by atoms with Gasteiger partial charge in [0, 0.05) is 31.0 Å². The Balaban J connectivity index is 2.62. The van der Waals surface area contributed by atoms with E-state index >= 15 is 0 Å². The van der Waals surface area contributed by atoms with Gasteiger partial charge in [-0.05, 0) is 30.7 Å². The van der Waals surface area contributed by atoms with Crippen LogP contribution in [0.4, 0.5) is 11.4 Å². The third kappa shape index (κ3) is 6.09. The summed E-state index contributed by atoms with van der Waals surface area (Å²) < 4.78 is 0. The van der Waals surface area contributed by atoms with E-state index in [9.17, 15) is 9.59 Å². The van der Waals surface area contributed by atoms with Crippen LogP contribution in [-0.4, -0.2) is 18.4 Å². The SMILES string of the molecule is CCCCN/C=C(/C#N)C(=O)Nc1ccc(NC(C)=O)cc1. The van der Waals surface area contributed by atoms with E-state index in [4.69, 9.17) is 5.26 Å². The maximum atomic E-state index is 12.0. The molecule has 6 nitrogen and oxygen atoms in total. The summed E-state index contributed by atoms with van der Waals surface area (Å²) >= 11 is 0. The van der Waals surface area contributed by atoms with Gasteiger partial charge in [0.1, 0.15) is 11.6 Å². The van der Waals surface area contributed by atoms with Crippen molar-refractivity contribution in [3.8, 4) is 6.07 Å². The predicted molar refractivity (Wildman–Crippen MR) is 86.0 cm³/mol. The molecule has 0 unspecified atom stereocenters. The molecule has 1 aromatic rings. The number of carbonyl (C=O) groups excluding carboxylic acids is 2. The molecule has 0 aliphatic heterocycles. The lowest BCUT2D eigenvalue weighted by Gasteiger charge is -2.06. The van der Waals surface area contributed by atoms with E-state index in [1.165, 1.54) is 13.1 Å². The highest BCUT2D eigenvalue weighted by Crippen LogP contribution is 2.14. The number of hydrogen-bond acceptors (Lipinski definition) is 4. The number of amides is 2. The molecule has 1 aromatic carbocycles. The summed E-state index contributed by atoms with van der Waals surface area (Å²) in [4.78, 5) is 22.9. The number of nitrogens with zero attached hydrogens (tertiary/aromatic N) is 1. The van der Waals surface area contributed by atoms with E-state index in [0.717, 1.165) is 19.4 Å². The van der Waals surface area contributed by atoms with Crippen molar-refractivity contribution in [1.82, 2.24) is 5.32 Å². The van der Waals surface area contributed by atoms with E-state index in [1.807, 2.05) is 6.07 Å². The molecule has 0 saturated carbocycles. The van der Waals surface area contributed by atoms with Gasteiger partial charge < -0.3 is 16.0 Å². The standard InChI is InChI=1S/C16H20N4O2/c1-3-4-9-18-11-13(10-17)16(22)20-15-7-5-14(6-8-15)19-12(2)21/h5-8,11,18H,3-4,9H2,1-2H3,(H,19,21)(H,20,22)/b13-11-. The first-order valence-electron chi connectivity index (χ1n) is 7.09. The molecule has 0 radical (unpaired) electrons. The average molecular weight is 300 g/mol. The number of carbonyl (C=O) groups is 2. The number of hydrogen-bond donors (Lipinski definition) is 3. The predicted octanol–water partition coefficient (Wildman–Crippen LogP) is 2.38. The molecule has 116 valence electrons. The molecule has 0 aliphatic carbocycles. The zero-order valence-electron chi connectivity index (χ0n) is 12.8. The van der Waals surface area contributed by atoms with E-state index < -0.39 is 5.91 Å². The Kier molecular flexibility index (Phi) is 7.20. The maximum Gasteiger partial charge on any atom is 0.267 e. The van der Waals surface area contributed by atoms with Crippen LogP contribution in [0.3, 0.4) is 0 Å². The van der Waals surface area contributed by atoms with Gasteiger partial charge >= 0.3 is 0 Å². The number of nitrogens with one attached hydrogen (secondary N) is 3. The number of unbranched alkanes of at least 4 members (excludes halogenated alkanes) is 1. The highest BCUT2D eigenvalue weighted by molar-refractivity contribution is 6.06. The summed E-state index contributed by atoms with van der Waals surface area (Å²) in [5.41, 5.74) is 1.21. The lowest BCUT2D eigenvalue weighted by atomic mass is 10.2. The molecular formula is C16H20N4O2. The minimum Gasteiger partial charge on any atom is -0.390 e. The number of anilines is 2. The third-order valence-electron chi connectivity index (χ3n) is 2.75. The fourth-order valence-electron chi connectivity index (χ4n) is 1.64. The van der Waals surface area contributed by atoms with Crippen molar-refractivity contribution in [2.75, 3.05) is 17.2 Å². The van der Waals surface area contributed by atoms with Gasteiger partial charge in [0.05, 0.1) is 0 Å². The Morgan fingerprint density at radius 1 is 1.18 bits per heavy atom. The van der Waals surface area contributed by atoms with Crippen LogP contribution in [0.25, 0.3) is 0 Å². The first-order chi connectivity index (χ1) is 10.6. The summed E-state index contributed by atoms with van der Waals surface area (Å²) in [6.45, 7) is 4.21. The molecule has 0 atom stereocenters. The minimum absolute atomic E-state index is 0.0158. The van der Waals surface area contributed by atoms with Gasteiger partial charge in [-0.3, -0.25) is 9.59 Å². The van der Waals surface area contributed by atoms with Crippen molar-refractivity contribution in [2.24, 2.45) is 0 Å². The van der Waals surface area contributed by atoms with E-state index in [-0.39, 0.29) is 11.5 Å². The highest BCUT2D eigenvalue weighted by Gasteiger charge is 2.09. The van der Waals surface area contributed by atoms with Crippen LogP contribution >= 0.6 is 0 Å². The number of rotatable bonds is 7. The van der Waals surface area contributed by atoms with Gasteiger partial charge in [-0.2, -0.15) is 5.26 Å². The molecule has 22 heavy (non-hydrogen) atoms. The molecule has 0 aromatic heterocycles. The Morgan fingerprint density at radius 2 is 1.77 bits per heavy atom. The van der Waals surface area contributed by atoms with Crippen molar-refractivity contribution >= 4 is 23.2 Å². The van der Waals surface area contributed by atoms with Crippen LogP contribution < -0.4 is 16.0 Å². The summed E-state index contributed by atoms with van der Waals surface area (Å²) in [7, 11) is 0. The molecule has 0 aliphatic rings. The molecule has 0 fully saturated rings. The molecule has 1 rings (SSSR count). The molecule has 0 bridgehead atoms. The third-order valence-corrected chi connectivity index (χ3v) is 2.75. The topological polar surface area (TPSA) is 94.0 Å². The maximum absolute atomic E-state index is 12.0. The van der Waals surface area contributed by atoms with Gasteiger partial charge in [-0.1, -0.05) is 13.3 Å². The first-order valence-corrected chi connectivity index (χ1v) is 7.09. The van der Waals surface area contributed by atoms with Crippen LogP contribution in [0, 0.1) is 11.3 Å². The molecule has 0 heterocycles. The lowest BCUT2D eigenvalue weighted by Crippen LogP contribution is -2.17. The number of benzene rings is 1. The summed E-state index contributed by atoms with van der Waals surface area (Å²) in [6, 6.07) is 8.52. The Labute approximate surface area is 130 Å². The number of nitriles is 1. The first kappa shape index (κ1) is 17.2. The minimum atomic E-state index is -0.473. The second kappa shape index (κ2) is 9.19. The molecular weight excluding hydrogens is 280 g/mol. The zero-order valence-corrected chi connectivity index (χ0v) is 12.8. The zero-order chi connectivity index (χ0) is 16.4. The van der Waals surface area contributed by atoms with E-state index in [1.54, 1.807) is 24.3 Å². The van der Waals surface area contributed by atoms with Crippen molar-refractivity contribution < 1.29 is 9.59 Å². The largest absolute Gasteiger partial charge is 0.390 e. The van der Waals surface area contributed by atoms with Crippen LogP contribution in [0.5, 0.6) is 0 Å². The van der Waals surface area contributed by atoms with Crippen molar-refractivity contribution in [3.63, 3.8) is 0 Å². The van der Waals surface area contributed by atoms with Gasteiger partial charge in [0.2, 0.25) is 5.91 Å². The summed E-state index contributed by atoms with van der Waals surface area (Å²) in [5, 5.41) is 17.2. The van der Waals surface area contributed by atoms with Crippen molar-refractivity contribution in [2.45, 2.75) is 26.7 Å². The van der Waals surface area contributed by atoms with Gasteiger partial charge in [0.15, 0.2) is 0 Å². The van der Waals surface area contributed by atoms with Crippen molar-refractivity contribution in [1.29, 1.82) is 5.26 Å². The van der Waals surface area contributed by atoms with Crippen molar-refractivity contribution in [3.05, 3.63) is 36.0 Å². The molecule has 3 N–H and O–H groups in total. The molecule has 2 amide bonds. The van der Waals surface area contributed by atoms with Crippen LogP contribution in [0.15, 0.2) is 36.0 Å². The van der Waals surface area contributed by atoms with Gasteiger partial charge in [-0.15, -0.1) is 0 Å². The van der Waals surface area contributed by atoms with Crippen LogP contribution in [0.1, 0.15) is 26.7 Å². The molecule has 6 heteroatoms. The van der Waals surface area contributed by atoms with Crippen LogP contribution in [0.2, 0.25) is 0 Å². The smallest absolute Gasteiger partial charge is 0.267 e. The van der Waals surface area contributed by atoms with E-state index in [2.05, 4.69) is 22.9 Å². The lowest BCUT2D eigenvalue weighted by molar-refractivity contribution is -0.114. The fraction of sp³-hybridized carbons (Fsp3) is 0.312. The van der Waals surface area contributed by atoms with Crippen LogP contribution in [-0.2, 0) is 9.59 Å². The second-order valence-electron chi connectivity index (χ2n) is 4.69. The van der Waals surface area contributed by atoms with Gasteiger partial charge in [-0.25, -0.2) is 0 Å². The molecule has 0 saturated heterocycles. The summed E-state index contributed by atoms with van der Waals surface area (Å²) in [5.74, 6) is -0.636. The Bertz CT molecular complexity index is 585. The quantitative estimate of drug-likeness (QED) is 0.409. The fourth-order valence-corrected chi connectivity index (χ4v) is 1.64. The monoisotopic (exact) mass is 300 g/mol. The Morgan fingerprint density at radius 3 is 2.27 bits per heavy atom. The average Bonchev–Trinajstić information content (AvgIpc) is 2.49. The van der Waals surface area contributed by atoms with E-state index in [0.29, 0.717) is 11.4 Å². The molecule has 0 spiro atoms. The highest BCUT2D eigenvalue weighted by atomic mass is 16.2. The summed E-state index contributed by atoms with van der Waals surface area (Å²) in [6.07, 6.45) is 3.44.